The second-order valence-electron chi connectivity index (χ2n) is 6.03. The van der Waals surface area contributed by atoms with Gasteiger partial charge >= 0.3 is 6.03 Å². The van der Waals surface area contributed by atoms with Crippen molar-refractivity contribution in [1.29, 1.82) is 0 Å². The lowest BCUT2D eigenvalue weighted by atomic mass is 9.68. The van der Waals surface area contributed by atoms with Crippen LogP contribution in [-0.4, -0.2) is 16.8 Å². The molecule has 1 fully saturated rings. The monoisotopic (exact) mass is 283 g/mol. The molecule has 110 valence electrons. The lowest BCUT2D eigenvalue weighted by molar-refractivity contribution is 0.222. The number of carbonyl (C=O) groups is 1. The molecule has 0 saturated heterocycles. The van der Waals surface area contributed by atoms with E-state index in [1.54, 1.807) is 6.20 Å². The molecule has 1 aliphatic heterocycles. The maximum absolute atomic E-state index is 11.4. The van der Waals surface area contributed by atoms with Crippen molar-refractivity contribution in [1.82, 2.24) is 5.01 Å². The molecule has 1 aromatic rings. The van der Waals surface area contributed by atoms with E-state index in [0.29, 0.717) is 0 Å². The van der Waals surface area contributed by atoms with Gasteiger partial charge in [0.2, 0.25) is 0 Å². The Morgan fingerprint density at radius 1 is 1.19 bits per heavy atom. The van der Waals surface area contributed by atoms with E-state index in [4.69, 9.17) is 5.73 Å². The highest BCUT2D eigenvalue weighted by Gasteiger charge is 2.38. The number of urea groups is 1. The standard InChI is InChI=1S/C17H21N3O/c1-13-5-7-14(8-6-13)15-17(9-3-2-4-10-17)11-12-20(19-15)16(18)21/h5-8,11-12H,2-4,9-10H2,1H3,(H2,18,21). The van der Waals surface area contributed by atoms with Gasteiger partial charge in [-0.2, -0.15) is 10.1 Å². The predicted octanol–water partition coefficient (Wildman–Crippen LogP) is 3.56. The molecular weight excluding hydrogens is 262 g/mol. The van der Waals surface area contributed by atoms with E-state index in [1.165, 1.54) is 29.8 Å². The second-order valence-corrected chi connectivity index (χ2v) is 6.03. The first-order valence-electron chi connectivity index (χ1n) is 7.55. The van der Waals surface area contributed by atoms with Crippen molar-refractivity contribution in [3.63, 3.8) is 0 Å². The van der Waals surface area contributed by atoms with E-state index in [2.05, 4.69) is 42.4 Å². The van der Waals surface area contributed by atoms with E-state index in [9.17, 15) is 4.79 Å². The van der Waals surface area contributed by atoms with Gasteiger partial charge in [0.25, 0.3) is 0 Å². The van der Waals surface area contributed by atoms with E-state index >= 15 is 0 Å². The minimum atomic E-state index is -0.540. The van der Waals surface area contributed by atoms with Gasteiger partial charge in [0.1, 0.15) is 0 Å². The van der Waals surface area contributed by atoms with Crippen LogP contribution in [0.1, 0.15) is 43.2 Å². The van der Waals surface area contributed by atoms with Crippen LogP contribution in [0.5, 0.6) is 0 Å². The van der Waals surface area contributed by atoms with Gasteiger partial charge in [-0.25, -0.2) is 4.79 Å². The molecule has 1 heterocycles. The lowest BCUT2D eigenvalue weighted by Crippen LogP contribution is -2.40. The molecule has 2 aliphatic rings. The number of nitrogens with two attached hydrogens (primary N) is 1. The average molecular weight is 283 g/mol. The number of carbonyl (C=O) groups excluding carboxylic acids is 1. The number of allylic oxidation sites excluding steroid dienone is 1. The number of hydrogen-bond acceptors (Lipinski definition) is 2. The Bertz CT molecular complexity index is 595. The fraction of sp³-hybridized carbons (Fsp3) is 0.412. The molecule has 0 bridgehead atoms. The number of hydrazone groups is 1. The maximum Gasteiger partial charge on any atom is 0.339 e. The molecule has 0 radical (unpaired) electrons. The van der Waals surface area contributed by atoms with Gasteiger partial charge in [-0.3, -0.25) is 0 Å². The molecule has 1 aliphatic carbocycles. The summed E-state index contributed by atoms with van der Waals surface area (Å²) in [6.07, 6.45) is 9.70. The quantitative estimate of drug-likeness (QED) is 0.841. The van der Waals surface area contributed by atoms with Crippen LogP contribution >= 0.6 is 0 Å². The largest absolute Gasteiger partial charge is 0.350 e. The van der Waals surface area contributed by atoms with Crippen LogP contribution in [0.2, 0.25) is 0 Å². The number of amides is 2. The Balaban J connectivity index is 2.04. The van der Waals surface area contributed by atoms with Gasteiger partial charge in [-0.15, -0.1) is 0 Å². The van der Waals surface area contributed by atoms with E-state index in [0.717, 1.165) is 24.1 Å². The third-order valence-corrected chi connectivity index (χ3v) is 4.51. The first kappa shape index (κ1) is 13.9. The van der Waals surface area contributed by atoms with Gasteiger partial charge in [0.05, 0.1) is 5.71 Å². The summed E-state index contributed by atoms with van der Waals surface area (Å²) in [5.41, 5.74) is 8.61. The lowest BCUT2D eigenvalue weighted by Gasteiger charge is -2.39. The number of primary amides is 1. The summed E-state index contributed by atoms with van der Waals surface area (Å²) in [7, 11) is 0. The van der Waals surface area contributed by atoms with Crippen LogP contribution in [0.25, 0.3) is 0 Å². The first-order chi connectivity index (χ1) is 10.1. The molecule has 2 N–H and O–H groups in total. The molecule has 3 rings (SSSR count). The minimum Gasteiger partial charge on any atom is -0.350 e. The summed E-state index contributed by atoms with van der Waals surface area (Å²) in [4.78, 5) is 11.4. The highest BCUT2D eigenvalue weighted by molar-refractivity contribution is 6.07. The van der Waals surface area contributed by atoms with E-state index in [1.807, 2.05) is 0 Å². The summed E-state index contributed by atoms with van der Waals surface area (Å²) in [5.74, 6) is 0. The Morgan fingerprint density at radius 2 is 1.86 bits per heavy atom. The molecule has 0 atom stereocenters. The van der Waals surface area contributed by atoms with E-state index < -0.39 is 6.03 Å². The highest BCUT2D eigenvalue weighted by Crippen LogP contribution is 2.42. The van der Waals surface area contributed by atoms with Crippen molar-refractivity contribution in [2.24, 2.45) is 16.3 Å². The molecule has 1 spiro atoms. The summed E-state index contributed by atoms with van der Waals surface area (Å²) in [6, 6.07) is 7.80. The molecule has 0 unspecified atom stereocenters. The number of hydrogen-bond donors (Lipinski definition) is 1. The van der Waals surface area contributed by atoms with Gasteiger partial charge in [-0.1, -0.05) is 55.2 Å². The molecule has 0 aromatic heterocycles. The van der Waals surface area contributed by atoms with Crippen molar-refractivity contribution in [2.45, 2.75) is 39.0 Å². The zero-order valence-electron chi connectivity index (χ0n) is 12.4. The van der Waals surface area contributed by atoms with Gasteiger partial charge < -0.3 is 5.73 Å². The zero-order chi connectivity index (χ0) is 14.9. The second kappa shape index (κ2) is 5.35. The summed E-state index contributed by atoms with van der Waals surface area (Å²) in [6.45, 7) is 2.07. The van der Waals surface area contributed by atoms with E-state index in [-0.39, 0.29) is 5.41 Å². The van der Waals surface area contributed by atoms with Crippen LogP contribution < -0.4 is 5.73 Å². The predicted molar refractivity (Wildman–Crippen MR) is 83.8 cm³/mol. The third-order valence-electron chi connectivity index (χ3n) is 4.51. The van der Waals surface area contributed by atoms with Crippen molar-refractivity contribution in [2.75, 3.05) is 0 Å². The SMILES string of the molecule is Cc1ccc(C2=NN(C(N)=O)C=CC23CCCCC3)cc1. The molecule has 4 nitrogen and oxygen atoms in total. The van der Waals surface area contributed by atoms with Crippen molar-refractivity contribution < 1.29 is 4.79 Å². The van der Waals surface area contributed by atoms with Crippen molar-refractivity contribution in [3.05, 3.63) is 47.7 Å². The number of rotatable bonds is 1. The first-order valence-corrected chi connectivity index (χ1v) is 7.55. The molecule has 1 aromatic carbocycles. The molecular formula is C17H21N3O. The number of aryl methyl sites for hydroxylation is 1. The maximum atomic E-state index is 11.4. The van der Waals surface area contributed by atoms with Crippen LogP contribution in [-0.2, 0) is 0 Å². The summed E-state index contributed by atoms with van der Waals surface area (Å²) >= 11 is 0. The Labute approximate surface area is 125 Å². The molecule has 21 heavy (non-hydrogen) atoms. The van der Waals surface area contributed by atoms with Gasteiger partial charge in [0.15, 0.2) is 0 Å². The minimum absolute atomic E-state index is 0.0422. The van der Waals surface area contributed by atoms with Gasteiger partial charge in [-0.05, 0) is 25.3 Å². The summed E-state index contributed by atoms with van der Waals surface area (Å²) in [5, 5.41) is 5.79. The third kappa shape index (κ3) is 2.58. The van der Waals surface area contributed by atoms with Crippen molar-refractivity contribution in [3.8, 4) is 0 Å². The molecule has 4 heteroatoms. The Morgan fingerprint density at radius 3 is 2.48 bits per heavy atom. The highest BCUT2D eigenvalue weighted by atomic mass is 16.2. The zero-order valence-corrected chi connectivity index (χ0v) is 12.4. The van der Waals surface area contributed by atoms with Crippen molar-refractivity contribution >= 4 is 11.7 Å². The topological polar surface area (TPSA) is 58.7 Å². The number of nitrogens with zero attached hydrogens (tertiary/aromatic N) is 2. The normalized spacial score (nSPS) is 20.4. The summed E-state index contributed by atoms with van der Waals surface area (Å²) < 4.78 is 0. The fourth-order valence-electron chi connectivity index (χ4n) is 3.30. The average Bonchev–Trinajstić information content (AvgIpc) is 2.49. The van der Waals surface area contributed by atoms with Crippen LogP contribution in [0.15, 0.2) is 41.6 Å². The molecule has 2 amide bonds. The van der Waals surface area contributed by atoms with Crippen LogP contribution in [0, 0.1) is 12.3 Å². The Hall–Kier alpha value is -2.10. The van der Waals surface area contributed by atoms with Crippen LogP contribution in [0.4, 0.5) is 4.79 Å². The Kier molecular flexibility index (Phi) is 3.53. The fourth-order valence-corrected chi connectivity index (χ4v) is 3.30. The number of benzene rings is 1. The van der Waals surface area contributed by atoms with Gasteiger partial charge in [0, 0.05) is 11.6 Å². The van der Waals surface area contributed by atoms with Crippen LogP contribution in [0.3, 0.4) is 0 Å². The smallest absolute Gasteiger partial charge is 0.339 e. The molecule has 1 saturated carbocycles.